The van der Waals surface area contributed by atoms with Crippen molar-refractivity contribution < 1.29 is 9.59 Å². The third-order valence-corrected chi connectivity index (χ3v) is 3.26. The third-order valence-electron chi connectivity index (χ3n) is 3.02. The molecule has 0 fully saturated rings. The van der Waals surface area contributed by atoms with Gasteiger partial charge in [0.25, 0.3) is 0 Å². The van der Waals surface area contributed by atoms with Crippen molar-refractivity contribution in [2.75, 3.05) is 0 Å². The molecule has 0 spiro atoms. The monoisotopic (exact) mass is 272 g/mol. The highest BCUT2D eigenvalue weighted by Crippen LogP contribution is 2.29. The summed E-state index contributed by atoms with van der Waals surface area (Å²) in [5.74, 6) is -0.475. The first-order valence-electron chi connectivity index (χ1n) is 5.93. The van der Waals surface area contributed by atoms with Gasteiger partial charge in [-0.1, -0.05) is 48.0 Å². The van der Waals surface area contributed by atoms with Gasteiger partial charge in [0.15, 0.2) is 0 Å². The summed E-state index contributed by atoms with van der Waals surface area (Å²) in [5, 5.41) is 0.576. The molecule has 0 saturated carbocycles. The number of ketones is 1. The van der Waals surface area contributed by atoms with Gasteiger partial charge < -0.3 is 0 Å². The van der Waals surface area contributed by atoms with Crippen molar-refractivity contribution in [2.45, 2.75) is 12.8 Å². The van der Waals surface area contributed by atoms with Gasteiger partial charge in [0.1, 0.15) is 12.1 Å². The van der Waals surface area contributed by atoms with E-state index >= 15 is 0 Å². The fourth-order valence-electron chi connectivity index (χ4n) is 2.20. The molecule has 0 aliphatic carbocycles. The van der Waals surface area contributed by atoms with Gasteiger partial charge in [-0.25, -0.2) is 0 Å². The minimum atomic E-state index is -0.458. The maximum absolute atomic E-state index is 12.0. The molecule has 2 rings (SSSR count). The number of Topliss-reactive ketones (excluding diaryl/α,β-unsaturated/α-hetero) is 1. The minimum absolute atomic E-state index is 0.0171. The Hall–Kier alpha value is -1.93. The predicted molar refractivity (Wildman–Crippen MR) is 75.8 cm³/mol. The second-order valence-electron chi connectivity index (χ2n) is 4.35. The van der Waals surface area contributed by atoms with E-state index in [1.807, 2.05) is 12.1 Å². The molecule has 0 saturated heterocycles. The van der Waals surface area contributed by atoms with E-state index in [-0.39, 0.29) is 5.78 Å². The van der Waals surface area contributed by atoms with Gasteiger partial charge >= 0.3 is 0 Å². The van der Waals surface area contributed by atoms with Crippen LogP contribution in [0, 0.1) is 0 Å². The average molecular weight is 273 g/mol. The molecule has 1 atom stereocenters. The first-order valence-corrected chi connectivity index (χ1v) is 6.31. The summed E-state index contributed by atoms with van der Waals surface area (Å²) >= 11 is 5.97. The second-order valence-corrected chi connectivity index (χ2v) is 4.78. The Morgan fingerprint density at radius 2 is 1.89 bits per heavy atom. The molecule has 0 amide bonds. The van der Waals surface area contributed by atoms with Gasteiger partial charge in [-0.05, 0) is 30.2 Å². The van der Waals surface area contributed by atoms with Gasteiger partial charge in [0, 0.05) is 10.6 Å². The first-order chi connectivity index (χ1) is 9.13. The van der Waals surface area contributed by atoms with Crippen molar-refractivity contribution in [3.63, 3.8) is 0 Å². The molecule has 0 aromatic heterocycles. The van der Waals surface area contributed by atoms with Crippen molar-refractivity contribution in [1.82, 2.24) is 0 Å². The average Bonchev–Trinajstić information content (AvgIpc) is 2.39. The van der Waals surface area contributed by atoms with E-state index in [0.29, 0.717) is 16.1 Å². The molecule has 0 heterocycles. The molecule has 19 heavy (non-hydrogen) atoms. The van der Waals surface area contributed by atoms with Crippen molar-refractivity contribution in [1.29, 1.82) is 0 Å². The fourth-order valence-corrected chi connectivity index (χ4v) is 2.40. The Balaban J connectivity index is 2.58. The minimum Gasteiger partial charge on any atom is -0.299 e. The molecule has 2 nitrogen and oxygen atoms in total. The van der Waals surface area contributed by atoms with Crippen LogP contribution in [-0.2, 0) is 4.79 Å². The quantitative estimate of drug-likeness (QED) is 0.792. The highest BCUT2D eigenvalue weighted by molar-refractivity contribution is 6.30. The number of carbonyl (C=O) groups excluding carboxylic acids is 2. The van der Waals surface area contributed by atoms with Crippen molar-refractivity contribution in [3.8, 4) is 0 Å². The first kappa shape index (κ1) is 13.5. The number of hydrogen-bond donors (Lipinski definition) is 0. The van der Waals surface area contributed by atoms with Crippen molar-refractivity contribution >= 4 is 23.7 Å². The molecule has 0 bridgehead atoms. The standard InChI is InChI=1S/C16H13ClO2/c1-11(19)16(12-6-4-7-14(17)9-12)15-8-3-2-5-13(15)10-18/h2-10,16H,1H3. The Kier molecular flexibility index (Phi) is 4.13. The van der Waals surface area contributed by atoms with Crippen molar-refractivity contribution in [2.24, 2.45) is 0 Å². The van der Waals surface area contributed by atoms with Gasteiger partial charge in [-0.3, -0.25) is 9.59 Å². The van der Waals surface area contributed by atoms with E-state index in [1.165, 1.54) is 6.92 Å². The topological polar surface area (TPSA) is 34.1 Å². The summed E-state index contributed by atoms with van der Waals surface area (Å²) in [7, 11) is 0. The predicted octanol–water partition coefficient (Wildman–Crippen LogP) is 3.87. The van der Waals surface area contributed by atoms with Crippen LogP contribution in [0.5, 0.6) is 0 Å². The van der Waals surface area contributed by atoms with Crippen LogP contribution in [0.15, 0.2) is 48.5 Å². The fraction of sp³-hybridized carbons (Fsp3) is 0.125. The number of hydrogen-bond acceptors (Lipinski definition) is 2. The van der Waals surface area contributed by atoms with E-state index in [9.17, 15) is 9.59 Å². The van der Waals surface area contributed by atoms with Crippen LogP contribution < -0.4 is 0 Å². The molecule has 0 aliphatic rings. The lowest BCUT2D eigenvalue weighted by molar-refractivity contribution is -0.117. The summed E-state index contributed by atoms with van der Waals surface area (Å²) in [6.45, 7) is 1.52. The molecule has 3 heteroatoms. The summed E-state index contributed by atoms with van der Waals surface area (Å²) in [6.07, 6.45) is 0.774. The highest BCUT2D eigenvalue weighted by atomic mass is 35.5. The Labute approximate surface area is 117 Å². The van der Waals surface area contributed by atoms with E-state index in [2.05, 4.69) is 0 Å². The van der Waals surface area contributed by atoms with Gasteiger partial charge in [0.2, 0.25) is 0 Å². The molecule has 2 aromatic rings. The SMILES string of the molecule is CC(=O)C(c1cccc(Cl)c1)c1ccccc1C=O. The number of rotatable bonds is 4. The number of benzene rings is 2. The lowest BCUT2D eigenvalue weighted by Gasteiger charge is -2.16. The van der Waals surface area contributed by atoms with E-state index < -0.39 is 5.92 Å². The van der Waals surface area contributed by atoms with Crippen LogP contribution in [0.25, 0.3) is 0 Å². The van der Waals surface area contributed by atoms with E-state index in [4.69, 9.17) is 11.6 Å². The molecular weight excluding hydrogens is 260 g/mol. The van der Waals surface area contributed by atoms with E-state index in [0.717, 1.165) is 11.8 Å². The zero-order valence-corrected chi connectivity index (χ0v) is 11.2. The highest BCUT2D eigenvalue weighted by Gasteiger charge is 2.21. The number of carbonyl (C=O) groups is 2. The molecule has 2 aromatic carbocycles. The molecule has 96 valence electrons. The summed E-state index contributed by atoms with van der Waals surface area (Å²) in [6, 6.07) is 14.3. The maximum atomic E-state index is 12.0. The van der Waals surface area contributed by atoms with Gasteiger partial charge in [-0.15, -0.1) is 0 Å². The van der Waals surface area contributed by atoms with Crippen LogP contribution >= 0.6 is 11.6 Å². The van der Waals surface area contributed by atoms with Gasteiger partial charge in [0.05, 0.1) is 5.92 Å². The zero-order valence-electron chi connectivity index (χ0n) is 10.5. The van der Waals surface area contributed by atoms with Crippen LogP contribution in [0.2, 0.25) is 5.02 Å². The lowest BCUT2D eigenvalue weighted by Crippen LogP contribution is -2.12. The third kappa shape index (κ3) is 2.91. The second kappa shape index (κ2) is 5.81. The largest absolute Gasteiger partial charge is 0.299 e. The Morgan fingerprint density at radius 3 is 2.53 bits per heavy atom. The number of aldehydes is 1. The van der Waals surface area contributed by atoms with E-state index in [1.54, 1.807) is 36.4 Å². The summed E-state index contributed by atoms with van der Waals surface area (Å²) in [4.78, 5) is 23.1. The van der Waals surface area contributed by atoms with Crippen LogP contribution in [0.3, 0.4) is 0 Å². The normalized spacial score (nSPS) is 11.9. The summed E-state index contributed by atoms with van der Waals surface area (Å²) < 4.78 is 0. The Morgan fingerprint density at radius 1 is 1.16 bits per heavy atom. The van der Waals surface area contributed by atoms with Crippen LogP contribution in [-0.4, -0.2) is 12.1 Å². The molecule has 1 unspecified atom stereocenters. The van der Waals surface area contributed by atoms with Crippen LogP contribution in [0.4, 0.5) is 0 Å². The molecular formula is C16H13ClO2. The van der Waals surface area contributed by atoms with Crippen molar-refractivity contribution in [3.05, 3.63) is 70.2 Å². The maximum Gasteiger partial charge on any atom is 0.150 e. The molecule has 0 radical (unpaired) electrons. The smallest absolute Gasteiger partial charge is 0.150 e. The summed E-state index contributed by atoms with van der Waals surface area (Å²) in [5.41, 5.74) is 2.05. The number of halogens is 1. The van der Waals surface area contributed by atoms with Crippen LogP contribution in [0.1, 0.15) is 34.3 Å². The molecule has 0 aliphatic heterocycles. The zero-order chi connectivity index (χ0) is 13.8. The molecule has 0 N–H and O–H groups in total. The Bertz CT molecular complexity index is 620. The lowest BCUT2D eigenvalue weighted by atomic mass is 9.86. The van der Waals surface area contributed by atoms with Gasteiger partial charge in [-0.2, -0.15) is 0 Å².